The number of halogens is 3. The normalized spacial score (nSPS) is 24.6. The smallest absolute Gasteiger partial charge is 0.381 e. The molecule has 4 aliphatic rings. The van der Waals surface area contributed by atoms with Gasteiger partial charge in [-0.3, -0.25) is 14.8 Å². The van der Waals surface area contributed by atoms with Gasteiger partial charge in [0.1, 0.15) is 5.69 Å². The van der Waals surface area contributed by atoms with Crippen molar-refractivity contribution >= 4 is 28.4 Å². The maximum atomic E-state index is 13.3. The number of rotatable bonds is 5. The van der Waals surface area contributed by atoms with Crippen molar-refractivity contribution in [2.24, 2.45) is 17.8 Å². The summed E-state index contributed by atoms with van der Waals surface area (Å²) in [6.07, 6.45) is 4.05. The highest BCUT2D eigenvalue weighted by molar-refractivity contribution is 5.96. The minimum Gasteiger partial charge on any atom is -0.381 e. The number of hydrogen-bond acceptors (Lipinski definition) is 6. The van der Waals surface area contributed by atoms with E-state index < -0.39 is 12.1 Å². The highest BCUT2D eigenvalue weighted by atomic mass is 19.4. The molecule has 10 nitrogen and oxygen atoms in total. The number of alkyl halides is 3. The number of pyridine rings is 1. The van der Waals surface area contributed by atoms with E-state index in [1.54, 1.807) is 17.3 Å². The molecule has 3 saturated heterocycles. The van der Waals surface area contributed by atoms with Crippen molar-refractivity contribution < 1.29 is 22.7 Å². The molecule has 4 fully saturated rings. The van der Waals surface area contributed by atoms with Crippen molar-refractivity contribution in [1.82, 2.24) is 29.9 Å². The Labute approximate surface area is 229 Å². The third-order valence-electron chi connectivity index (χ3n) is 9.07. The molecule has 214 valence electrons. The van der Waals surface area contributed by atoms with Crippen LogP contribution in [0.1, 0.15) is 39.0 Å². The summed E-state index contributed by atoms with van der Waals surface area (Å²) in [6.45, 7) is 4.67. The van der Waals surface area contributed by atoms with Crippen LogP contribution in [0.25, 0.3) is 22.3 Å². The highest BCUT2D eigenvalue weighted by Gasteiger charge is 2.52. The first-order valence-electron chi connectivity index (χ1n) is 14.1. The number of fused-ring (bicyclic) bond motifs is 1. The Morgan fingerprint density at radius 2 is 2.08 bits per heavy atom. The van der Waals surface area contributed by atoms with Gasteiger partial charge in [0.2, 0.25) is 0 Å². The van der Waals surface area contributed by atoms with Crippen LogP contribution in [0.5, 0.6) is 0 Å². The van der Waals surface area contributed by atoms with E-state index in [0.29, 0.717) is 54.0 Å². The highest BCUT2D eigenvalue weighted by Crippen LogP contribution is 2.50. The largest absolute Gasteiger partial charge is 0.395 e. The van der Waals surface area contributed by atoms with Gasteiger partial charge in [-0.05, 0) is 44.1 Å². The Hall–Kier alpha value is -3.35. The maximum Gasteiger partial charge on any atom is 0.395 e. The Kier molecular flexibility index (Phi) is 5.99. The van der Waals surface area contributed by atoms with E-state index in [9.17, 15) is 18.0 Å². The average molecular weight is 559 g/mol. The van der Waals surface area contributed by atoms with Crippen molar-refractivity contribution in [3.63, 3.8) is 0 Å². The Morgan fingerprint density at radius 3 is 2.80 bits per heavy atom. The van der Waals surface area contributed by atoms with Gasteiger partial charge in [-0.2, -0.15) is 23.4 Å². The summed E-state index contributed by atoms with van der Waals surface area (Å²) in [4.78, 5) is 21.6. The lowest BCUT2D eigenvalue weighted by Crippen LogP contribution is -2.53. The van der Waals surface area contributed by atoms with Gasteiger partial charge < -0.3 is 19.9 Å². The lowest BCUT2D eigenvalue weighted by molar-refractivity contribution is -0.180. The standard InChI is InChI=1S/C27H33F3N8O2/c1-16-2-6-37(26(9-16)4-5-26)25(39)33-21-11-32-34-23(21)20-8-22-19(10-31-20)24(36-13-18(14-36)27(28,29)30)35-38(22)12-17-3-7-40-15-17/h8,10-11,16-18H,2-7,9,12-15H2,1H3,(H,32,34)(H,33,39)/t16-,17-/m1/s1. The minimum atomic E-state index is -4.21. The lowest BCUT2D eigenvalue weighted by Gasteiger charge is -2.40. The van der Waals surface area contributed by atoms with Gasteiger partial charge in [0.05, 0.1) is 41.0 Å². The zero-order chi connectivity index (χ0) is 27.6. The maximum absolute atomic E-state index is 13.3. The third-order valence-corrected chi connectivity index (χ3v) is 9.07. The fourth-order valence-electron chi connectivity index (χ4n) is 6.53. The number of aromatic nitrogens is 5. The van der Waals surface area contributed by atoms with E-state index in [4.69, 9.17) is 9.84 Å². The zero-order valence-electron chi connectivity index (χ0n) is 22.4. The quantitative estimate of drug-likeness (QED) is 0.473. The predicted molar refractivity (Wildman–Crippen MR) is 142 cm³/mol. The molecule has 40 heavy (non-hydrogen) atoms. The number of likely N-dealkylation sites (tertiary alicyclic amines) is 1. The summed E-state index contributed by atoms with van der Waals surface area (Å²) in [5, 5.41) is 15.7. The summed E-state index contributed by atoms with van der Waals surface area (Å²) >= 11 is 0. The van der Waals surface area contributed by atoms with Crippen LogP contribution in [-0.4, -0.2) is 80.5 Å². The second kappa shape index (κ2) is 9.35. The second-order valence-corrected chi connectivity index (χ2v) is 12.0. The predicted octanol–water partition coefficient (Wildman–Crippen LogP) is 4.65. The van der Waals surface area contributed by atoms with Gasteiger partial charge in [0.25, 0.3) is 0 Å². The van der Waals surface area contributed by atoms with Gasteiger partial charge >= 0.3 is 12.2 Å². The van der Waals surface area contributed by atoms with Crippen LogP contribution >= 0.6 is 0 Å². The topological polar surface area (TPSA) is 104 Å². The first kappa shape index (κ1) is 25.6. The van der Waals surface area contributed by atoms with E-state index in [-0.39, 0.29) is 30.6 Å². The Bertz CT molecular complexity index is 1420. The molecule has 6 heterocycles. The van der Waals surface area contributed by atoms with Gasteiger partial charge in [0, 0.05) is 50.4 Å². The molecule has 7 rings (SSSR count). The molecule has 0 bridgehead atoms. The van der Waals surface area contributed by atoms with E-state index in [1.165, 1.54) is 0 Å². The molecule has 1 aliphatic carbocycles. The molecule has 1 saturated carbocycles. The number of nitrogens with zero attached hydrogens (tertiary/aromatic N) is 6. The third kappa shape index (κ3) is 4.47. The summed E-state index contributed by atoms with van der Waals surface area (Å²) < 4.78 is 46.9. The molecule has 0 unspecified atom stereocenters. The monoisotopic (exact) mass is 558 g/mol. The Balaban J connectivity index is 1.17. The molecule has 2 atom stereocenters. The van der Waals surface area contributed by atoms with Crippen molar-refractivity contribution in [3.8, 4) is 11.4 Å². The number of piperidine rings is 1. The van der Waals surface area contributed by atoms with Crippen molar-refractivity contribution in [3.05, 3.63) is 18.5 Å². The van der Waals surface area contributed by atoms with Crippen LogP contribution in [0.2, 0.25) is 0 Å². The van der Waals surface area contributed by atoms with Crippen LogP contribution in [0.3, 0.4) is 0 Å². The molecule has 1 spiro atoms. The number of ether oxygens (including phenoxy) is 1. The fraction of sp³-hybridized carbons (Fsp3) is 0.630. The number of urea groups is 1. The lowest BCUT2D eigenvalue weighted by atomic mass is 9.91. The number of hydrogen-bond donors (Lipinski definition) is 2. The summed E-state index contributed by atoms with van der Waals surface area (Å²) in [6, 6.07) is 1.75. The van der Waals surface area contributed by atoms with E-state index in [0.717, 1.165) is 44.2 Å². The minimum absolute atomic E-state index is 0.0162. The van der Waals surface area contributed by atoms with Gasteiger partial charge in [-0.1, -0.05) is 6.92 Å². The van der Waals surface area contributed by atoms with Gasteiger partial charge in [-0.15, -0.1) is 0 Å². The molecule has 0 radical (unpaired) electrons. The van der Waals surface area contributed by atoms with Crippen LogP contribution < -0.4 is 10.2 Å². The molecular formula is C27H33F3N8O2. The molecule has 3 aliphatic heterocycles. The number of nitrogens with one attached hydrogen (secondary N) is 2. The van der Waals surface area contributed by atoms with Gasteiger partial charge in [-0.25, -0.2) is 4.79 Å². The van der Waals surface area contributed by atoms with E-state index in [1.807, 2.05) is 15.6 Å². The number of amides is 2. The molecule has 2 amide bonds. The molecule has 0 aromatic carbocycles. The van der Waals surface area contributed by atoms with Gasteiger partial charge in [0.15, 0.2) is 5.82 Å². The fourth-order valence-corrected chi connectivity index (χ4v) is 6.53. The second-order valence-electron chi connectivity index (χ2n) is 12.0. The number of H-pyrrole nitrogens is 1. The number of aromatic amines is 1. The van der Waals surface area contributed by atoms with Crippen LogP contribution in [0.15, 0.2) is 18.5 Å². The number of carbonyl (C=O) groups is 1. The van der Waals surface area contributed by atoms with Crippen LogP contribution in [-0.2, 0) is 11.3 Å². The van der Waals surface area contributed by atoms with Crippen molar-refractivity contribution in [2.45, 2.75) is 57.3 Å². The SMILES string of the molecule is C[C@@H]1CCN(C(=O)Nc2cn[nH]c2-c2cc3c(cn2)c(N2CC(C(F)(F)F)C2)nn3C[C@H]2CCOC2)C2(CC2)C1. The summed E-state index contributed by atoms with van der Waals surface area (Å²) in [5.41, 5.74) is 2.44. The first-order chi connectivity index (χ1) is 19.2. The summed E-state index contributed by atoms with van der Waals surface area (Å²) in [7, 11) is 0. The van der Waals surface area contributed by atoms with Crippen molar-refractivity contribution in [1.29, 1.82) is 0 Å². The number of carbonyl (C=O) groups excluding carboxylic acids is 1. The first-order valence-corrected chi connectivity index (χ1v) is 14.1. The molecule has 2 N–H and O–H groups in total. The van der Waals surface area contributed by atoms with E-state index in [2.05, 4.69) is 27.4 Å². The van der Waals surface area contributed by atoms with Crippen LogP contribution in [0.4, 0.5) is 29.5 Å². The molecule has 13 heteroatoms. The summed E-state index contributed by atoms with van der Waals surface area (Å²) in [5.74, 6) is 0.0573. The molecule has 3 aromatic heterocycles. The zero-order valence-corrected chi connectivity index (χ0v) is 22.4. The average Bonchev–Trinajstić information content (AvgIpc) is 3.24. The Morgan fingerprint density at radius 1 is 1.25 bits per heavy atom. The molecule has 3 aromatic rings. The van der Waals surface area contributed by atoms with E-state index >= 15 is 0 Å². The molecular weight excluding hydrogens is 525 g/mol. The van der Waals surface area contributed by atoms with Crippen LogP contribution in [0, 0.1) is 17.8 Å². The number of anilines is 2. The van der Waals surface area contributed by atoms with Crippen molar-refractivity contribution in [2.75, 3.05) is 43.1 Å².